The van der Waals surface area contributed by atoms with Crippen molar-refractivity contribution in [2.45, 2.75) is 79.4 Å². The van der Waals surface area contributed by atoms with Gasteiger partial charge in [-0.1, -0.05) is 41.0 Å². The van der Waals surface area contributed by atoms with Crippen molar-refractivity contribution >= 4 is 9.84 Å². The lowest BCUT2D eigenvalue weighted by molar-refractivity contribution is 0.302. The monoisotopic (exact) mass is 276 g/mol. The molecule has 0 N–H and O–H groups in total. The Balaban J connectivity index is 4.50. The lowest BCUT2D eigenvalue weighted by Crippen LogP contribution is -2.36. The summed E-state index contributed by atoms with van der Waals surface area (Å²) < 4.78 is 23.8. The van der Waals surface area contributed by atoms with Crippen molar-refractivity contribution in [3.63, 3.8) is 0 Å². The van der Waals surface area contributed by atoms with E-state index in [2.05, 4.69) is 34.6 Å². The van der Waals surface area contributed by atoms with Gasteiger partial charge in [0.2, 0.25) is 0 Å². The molecule has 0 unspecified atom stereocenters. The average molecular weight is 276 g/mol. The third kappa shape index (κ3) is 6.77. The van der Waals surface area contributed by atoms with Crippen LogP contribution >= 0.6 is 0 Å². The lowest BCUT2D eigenvalue weighted by atomic mass is 9.84. The quantitative estimate of drug-likeness (QED) is 0.744. The molecular formula is C15H32O2S. The molecule has 0 saturated carbocycles. The van der Waals surface area contributed by atoms with Crippen LogP contribution in [0.4, 0.5) is 0 Å². The van der Waals surface area contributed by atoms with Gasteiger partial charge in [-0.3, -0.25) is 0 Å². The smallest absolute Gasteiger partial charge is 0.155 e. The number of sulfone groups is 1. The van der Waals surface area contributed by atoms with Crippen molar-refractivity contribution in [3.8, 4) is 0 Å². The van der Waals surface area contributed by atoms with E-state index >= 15 is 0 Å². The zero-order valence-corrected chi connectivity index (χ0v) is 14.4. The van der Waals surface area contributed by atoms with Crippen LogP contribution in [0.1, 0.15) is 74.7 Å². The summed E-state index contributed by atoms with van der Waals surface area (Å²) >= 11 is 0. The first kappa shape index (κ1) is 17.9. The normalized spacial score (nSPS) is 14.9. The average Bonchev–Trinajstić information content (AvgIpc) is 1.95. The van der Waals surface area contributed by atoms with Crippen molar-refractivity contribution in [1.29, 1.82) is 0 Å². The van der Waals surface area contributed by atoms with Crippen LogP contribution in [0.2, 0.25) is 0 Å². The van der Waals surface area contributed by atoms with Gasteiger partial charge in [-0.25, -0.2) is 8.42 Å². The Morgan fingerprint density at radius 1 is 0.778 bits per heavy atom. The van der Waals surface area contributed by atoms with Crippen molar-refractivity contribution in [2.75, 3.05) is 5.75 Å². The minimum atomic E-state index is -3.02. The standard InChI is InChI=1S/C15H32O2S/c1-13(2,3)10-9-11-15(7,8)12-18(16,17)14(4,5)6/h9-12H2,1-8H3. The molecule has 0 saturated heterocycles. The van der Waals surface area contributed by atoms with E-state index in [0.717, 1.165) is 19.3 Å². The van der Waals surface area contributed by atoms with Crippen LogP contribution in [0, 0.1) is 10.8 Å². The zero-order chi connectivity index (χ0) is 14.8. The van der Waals surface area contributed by atoms with Gasteiger partial charge in [0, 0.05) is 0 Å². The fourth-order valence-electron chi connectivity index (χ4n) is 1.90. The molecule has 0 heterocycles. The van der Waals surface area contributed by atoms with E-state index in [1.54, 1.807) is 20.8 Å². The zero-order valence-electron chi connectivity index (χ0n) is 13.6. The van der Waals surface area contributed by atoms with Crippen LogP contribution in [-0.2, 0) is 9.84 Å². The Kier molecular flexibility index (Phi) is 5.50. The Hall–Kier alpha value is -0.0500. The summed E-state index contributed by atoms with van der Waals surface area (Å²) in [6.45, 7) is 16.2. The summed E-state index contributed by atoms with van der Waals surface area (Å²) in [5, 5.41) is 0. The highest BCUT2D eigenvalue weighted by Crippen LogP contribution is 2.32. The van der Waals surface area contributed by atoms with Gasteiger partial charge in [0.15, 0.2) is 9.84 Å². The van der Waals surface area contributed by atoms with Crippen LogP contribution in [-0.4, -0.2) is 18.9 Å². The molecule has 0 aliphatic rings. The number of hydrogen-bond acceptors (Lipinski definition) is 2. The highest BCUT2D eigenvalue weighted by Gasteiger charge is 2.34. The van der Waals surface area contributed by atoms with Crippen LogP contribution in [0.5, 0.6) is 0 Å². The van der Waals surface area contributed by atoms with Gasteiger partial charge < -0.3 is 0 Å². The Labute approximate surface area is 114 Å². The number of rotatable bonds is 5. The van der Waals surface area contributed by atoms with Crippen molar-refractivity contribution in [2.24, 2.45) is 10.8 Å². The lowest BCUT2D eigenvalue weighted by Gasteiger charge is -2.30. The minimum absolute atomic E-state index is 0.128. The van der Waals surface area contributed by atoms with E-state index in [-0.39, 0.29) is 11.2 Å². The third-order valence-corrected chi connectivity index (χ3v) is 6.32. The van der Waals surface area contributed by atoms with Gasteiger partial charge >= 0.3 is 0 Å². The third-order valence-electron chi connectivity index (χ3n) is 3.29. The summed E-state index contributed by atoms with van der Waals surface area (Å²) in [7, 11) is -3.02. The van der Waals surface area contributed by atoms with Crippen LogP contribution in [0.3, 0.4) is 0 Å². The van der Waals surface area contributed by atoms with Gasteiger partial charge in [0.05, 0.1) is 10.5 Å². The molecule has 0 radical (unpaired) electrons. The fourth-order valence-corrected chi connectivity index (χ4v) is 3.51. The van der Waals surface area contributed by atoms with E-state index in [0.29, 0.717) is 5.41 Å². The molecule has 0 amide bonds. The topological polar surface area (TPSA) is 34.1 Å². The van der Waals surface area contributed by atoms with Crippen molar-refractivity contribution < 1.29 is 8.42 Å². The molecule has 0 aromatic heterocycles. The molecule has 0 spiro atoms. The minimum Gasteiger partial charge on any atom is -0.228 e. The largest absolute Gasteiger partial charge is 0.228 e. The van der Waals surface area contributed by atoms with Crippen LogP contribution < -0.4 is 0 Å². The summed E-state index contributed by atoms with van der Waals surface area (Å²) in [5.41, 5.74) is 0.205. The van der Waals surface area contributed by atoms with Gasteiger partial charge in [0.1, 0.15) is 0 Å². The van der Waals surface area contributed by atoms with E-state index in [4.69, 9.17) is 0 Å². The van der Waals surface area contributed by atoms with Gasteiger partial charge in [-0.2, -0.15) is 0 Å². The maximum absolute atomic E-state index is 12.2. The molecule has 0 aliphatic carbocycles. The van der Waals surface area contributed by atoms with Crippen LogP contribution in [0.25, 0.3) is 0 Å². The Bertz CT molecular complexity index is 351. The summed E-state index contributed by atoms with van der Waals surface area (Å²) in [6.07, 6.45) is 3.21. The SMILES string of the molecule is CC(C)(C)CCCC(C)(C)CS(=O)(=O)C(C)(C)C. The van der Waals surface area contributed by atoms with Crippen molar-refractivity contribution in [1.82, 2.24) is 0 Å². The second kappa shape index (κ2) is 5.52. The van der Waals surface area contributed by atoms with Crippen LogP contribution in [0.15, 0.2) is 0 Å². The van der Waals surface area contributed by atoms with Crippen molar-refractivity contribution in [3.05, 3.63) is 0 Å². The molecule has 3 heteroatoms. The fraction of sp³-hybridized carbons (Fsp3) is 1.00. The molecule has 0 atom stereocenters. The summed E-state index contributed by atoms with van der Waals surface area (Å²) in [4.78, 5) is 0. The van der Waals surface area contributed by atoms with E-state index in [1.807, 2.05) is 0 Å². The summed E-state index contributed by atoms with van der Waals surface area (Å²) in [5.74, 6) is 0.285. The van der Waals surface area contributed by atoms with E-state index in [9.17, 15) is 8.42 Å². The molecule has 2 nitrogen and oxygen atoms in total. The molecule has 0 aromatic rings. The number of hydrogen-bond donors (Lipinski definition) is 0. The van der Waals surface area contributed by atoms with Gasteiger partial charge in [0.25, 0.3) is 0 Å². The molecule has 110 valence electrons. The molecular weight excluding hydrogens is 244 g/mol. The predicted molar refractivity (Wildman–Crippen MR) is 80.6 cm³/mol. The second-order valence-electron chi connectivity index (χ2n) is 8.45. The van der Waals surface area contributed by atoms with E-state index < -0.39 is 14.6 Å². The molecule has 0 aliphatic heterocycles. The summed E-state index contributed by atoms with van der Waals surface area (Å²) in [6, 6.07) is 0. The maximum Gasteiger partial charge on any atom is 0.155 e. The Morgan fingerprint density at radius 2 is 1.22 bits per heavy atom. The molecule has 0 aromatic carbocycles. The first-order chi connectivity index (χ1) is 7.66. The molecule has 18 heavy (non-hydrogen) atoms. The Morgan fingerprint density at radius 3 is 1.56 bits per heavy atom. The van der Waals surface area contributed by atoms with Gasteiger partial charge in [-0.05, 0) is 44.4 Å². The van der Waals surface area contributed by atoms with Gasteiger partial charge in [-0.15, -0.1) is 0 Å². The molecule has 0 bridgehead atoms. The van der Waals surface area contributed by atoms with E-state index in [1.165, 1.54) is 0 Å². The molecule has 0 fully saturated rings. The maximum atomic E-state index is 12.2. The first-order valence-electron chi connectivity index (χ1n) is 6.89. The predicted octanol–water partition coefficient (Wildman–Crippen LogP) is 4.44. The molecule has 0 rings (SSSR count). The highest BCUT2D eigenvalue weighted by molar-refractivity contribution is 7.92. The highest BCUT2D eigenvalue weighted by atomic mass is 32.2. The first-order valence-corrected chi connectivity index (χ1v) is 8.54. The second-order valence-corrected chi connectivity index (χ2v) is 11.2.